The van der Waals surface area contributed by atoms with Crippen molar-refractivity contribution in [1.29, 1.82) is 0 Å². The molecule has 0 heterocycles. The quantitative estimate of drug-likeness (QED) is 0.335. The number of amides is 2. The van der Waals surface area contributed by atoms with Gasteiger partial charge in [0, 0.05) is 35.1 Å². The van der Waals surface area contributed by atoms with Crippen LogP contribution in [0.2, 0.25) is 10.0 Å². The van der Waals surface area contributed by atoms with Crippen molar-refractivity contribution in [2.75, 3.05) is 23.7 Å². The molecule has 1 atom stereocenters. The summed E-state index contributed by atoms with van der Waals surface area (Å²) in [6.45, 7) is 5.19. The number of carbonyl (C=O) groups is 2. The van der Waals surface area contributed by atoms with E-state index < -0.39 is 28.5 Å². The van der Waals surface area contributed by atoms with Crippen LogP contribution in [0.25, 0.3) is 0 Å². The summed E-state index contributed by atoms with van der Waals surface area (Å²) < 4.78 is 27.0. The normalized spacial score (nSPS) is 12.1. The van der Waals surface area contributed by atoms with Crippen LogP contribution in [-0.2, 0) is 32.6 Å². The number of anilines is 1. The third-order valence-electron chi connectivity index (χ3n) is 6.32. The summed E-state index contributed by atoms with van der Waals surface area (Å²) in [5, 5.41) is 3.49. The number of carbonyl (C=O) groups excluding carboxylic acids is 2. The first-order valence-electron chi connectivity index (χ1n) is 12.5. The zero-order valence-corrected chi connectivity index (χ0v) is 24.8. The molecular formula is C29H33Cl2N3O4S. The van der Waals surface area contributed by atoms with E-state index in [-0.39, 0.29) is 18.9 Å². The average Bonchev–Trinajstić information content (AvgIpc) is 2.87. The minimum Gasteiger partial charge on any atom is -0.355 e. The van der Waals surface area contributed by atoms with Gasteiger partial charge in [0.05, 0.1) is 11.9 Å². The van der Waals surface area contributed by atoms with E-state index in [4.69, 9.17) is 23.2 Å². The molecule has 1 N–H and O–H groups in total. The van der Waals surface area contributed by atoms with Gasteiger partial charge in [0.25, 0.3) is 0 Å². The summed E-state index contributed by atoms with van der Waals surface area (Å²) >= 11 is 12.9. The Morgan fingerprint density at radius 1 is 0.949 bits per heavy atom. The lowest BCUT2D eigenvalue weighted by Crippen LogP contribution is -2.53. The average molecular weight is 591 g/mol. The number of hydrogen-bond donors (Lipinski definition) is 1. The maximum absolute atomic E-state index is 14.1. The number of aryl methyl sites for hydroxylation is 2. The smallest absolute Gasteiger partial charge is 0.244 e. The van der Waals surface area contributed by atoms with E-state index in [9.17, 15) is 18.0 Å². The molecule has 10 heteroatoms. The van der Waals surface area contributed by atoms with Crippen molar-refractivity contribution in [2.24, 2.45) is 0 Å². The number of halogens is 2. The number of sulfonamides is 1. The van der Waals surface area contributed by atoms with Crippen molar-refractivity contribution >= 4 is 50.7 Å². The molecule has 2 amide bonds. The number of benzene rings is 3. The van der Waals surface area contributed by atoms with Crippen molar-refractivity contribution < 1.29 is 18.0 Å². The third kappa shape index (κ3) is 7.97. The van der Waals surface area contributed by atoms with Gasteiger partial charge in [0.15, 0.2) is 0 Å². The van der Waals surface area contributed by atoms with Gasteiger partial charge < -0.3 is 10.2 Å². The SMILES string of the molecule is CCNC(=O)C(Cc1ccccc1)N(Cc1c(Cl)cccc1Cl)C(=O)CN(c1cc(C)ccc1C)S(C)(=O)=O. The van der Waals surface area contributed by atoms with Crippen molar-refractivity contribution in [3.63, 3.8) is 0 Å². The fraction of sp³-hybridized carbons (Fsp3) is 0.310. The van der Waals surface area contributed by atoms with Crippen LogP contribution in [0.15, 0.2) is 66.7 Å². The second-order valence-electron chi connectivity index (χ2n) is 9.38. The first-order valence-corrected chi connectivity index (χ1v) is 15.1. The highest BCUT2D eigenvalue weighted by Gasteiger charge is 2.34. The Labute approximate surface area is 240 Å². The number of rotatable bonds is 11. The van der Waals surface area contributed by atoms with E-state index in [0.717, 1.165) is 21.7 Å². The fourth-order valence-electron chi connectivity index (χ4n) is 4.28. The molecule has 0 fully saturated rings. The van der Waals surface area contributed by atoms with E-state index in [0.29, 0.717) is 33.4 Å². The highest BCUT2D eigenvalue weighted by molar-refractivity contribution is 7.92. The highest BCUT2D eigenvalue weighted by atomic mass is 35.5. The van der Waals surface area contributed by atoms with Crippen LogP contribution >= 0.6 is 23.2 Å². The molecule has 0 aliphatic heterocycles. The lowest BCUT2D eigenvalue weighted by Gasteiger charge is -2.34. The van der Waals surface area contributed by atoms with Crippen LogP contribution in [0.3, 0.4) is 0 Å². The molecule has 0 saturated heterocycles. The van der Waals surface area contributed by atoms with E-state index in [1.807, 2.05) is 49.4 Å². The largest absolute Gasteiger partial charge is 0.355 e. The maximum atomic E-state index is 14.1. The molecule has 39 heavy (non-hydrogen) atoms. The van der Waals surface area contributed by atoms with Crippen LogP contribution in [-0.4, -0.2) is 50.5 Å². The second kappa shape index (κ2) is 13.3. The molecule has 3 rings (SSSR count). The molecule has 0 bridgehead atoms. The van der Waals surface area contributed by atoms with E-state index in [2.05, 4.69) is 5.32 Å². The highest BCUT2D eigenvalue weighted by Crippen LogP contribution is 2.29. The Morgan fingerprint density at radius 3 is 2.18 bits per heavy atom. The summed E-state index contributed by atoms with van der Waals surface area (Å²) in [5.41, 5.74) is 3.25. The molecule has 0 saturated carbocycles. The van der Waals surface area contributed by atoms with Crippen molar-refractivity contribution in [1.82, 2.24) is 10.2 Å². The van der Waals surface area contributed by atoms with E-state index >= 15 is 0 Å². The molecule has 0 aliphatic rings. The standard InChI is InChI=1S/C29H33Cl2N3O4S/c1-5-32-29(36)27(17-22-10-7-6-8-11-22)33(18-23-24(30)12-9-13-25(23)31)28(35)19-34(39(4,37)38)26-16-20(2)14-15-21(26)3/h6-16,27H,5,17-19H2,1-4H3,(H,32,36). The molecule has 1 unspecified atom stereocenters. The van der Waals surface area contributed by atoms with Crippen LogP contribution < -0.4 is 9.62 Å². The molecule has 0 aliphatic carbocycles. The minimum atomic E-state index is -3.86. The van der Waals surface area contributed by atoms with Crippen LogP contribution in [0.5, 0.6) is 0 Å². The van der Waals surface area contributed by atoms with Crippen molar-refractivity contribution in [3.05, 3.63) is 99.0 Å². The molecule has 0 radical (unpaired) electrons. The van der Waals surface area contributed by atoms with Gasteiger partial charge in [0.1, 0.15) is 12.6 Å². The minimum absolute atomic E-state index is 0.0869. The summed E-state index contributed by atoms with van der Waals surface area (Å²) in [5.74, 6) is -0.931. The first kappa shape index (κ1) is 30.5. The zero-order chi connectivity index (χ0) is 28.7. The molecule has 3 aromatic rings. The van der Waals surface area contributed by atoms with Gasteiger partial charge in [-0.2, -0.15) is 0 Å². The molecule has 7 nitrogen and oxygen atoms in total. The summed E-state index contributed by atoms with van der Waals surface area (Å²) in [4.78, 5) is 28.9. The molecular weight excluding hydrogens is 557 g/mol. The molecule has 3 aromatic carbocycles. The predicted molar refractivity (Wildman–Crippen MR) is 158 cm³/mol. The number of nitrogens with one attached hydrogen (secondary N) is 1. The Balaban J connectivity index is 2.11. The van der Waals surface area contributed by atoms with Crippen LogP contribution in [0.4, 0.5) is 5.69 Å². The topological polar surface area (TPSA) is 86.8 Å². The van der Waals surface area contributed by atoms with Crippen molar-refractivity contribution in [3.8, 4) is 0 Å². The predicted octanol–water partition coefficient (Wildman–Crippen LogP) is 5.15. The molecule has 0 aromatic heterocycles. The first-order chi connectivity index (χ1) is 18.4. The summed E-state index contributed by atoms with van der Waals surface area (Å²) in [6, 6.07) is 18.8. The summed E-state index contributed by atoms with van der Waals surface area (Å²) in [7, 11) is -3.86. The number of nitrogens with zero attached hydrogens (tertiary/aromatic N) is 2. The number of likely N-dealkylation sites (N-methyl/N-ethyl adjacent to an activating group) is 1. The fourth-order valence-corrected chi connectivity index (χ4v) is 5.70. The van der Waals surface area contributed by atoms with Gasteiger partial charge in [-0.3, -0.25) is 13.9 Å². The van der Waals surface area contributed by atoms with E-state index in [1.54, 1.807) is 38.1 Å². The Hall–Kier alpha value is -3.07. The van der Waals surface area contributed by atoms with Gasteiger partial charge in [0.2, 0.25) is 21.8 Å². The maximum Gasteiger partial charge on any atom is 0.244 e. The zero-order valence-electron chi connectivity index (χ0n) is 22.4. The second-order valence-corrected chi connectivity index (χ2v) is 12.1. The van der Waals surface area contributed by atoms with Crippen molar-refractivity contribution in [2.45, 2.75) is 39.8 Å². The van der Waals surface area contributed by atoms with Gasteiger partial charge >= 0.3 is 0 Å². The van der Waals surface area contributed by atoms with E-state index in [1.165, 1.54) is 4.90 Å². The lowest BCUT2D eigenvalue weighted by molar-refractivity contribution is -0.140. The summed E-state index contributed by atoms with van der Waals surface area (Å²) in [6.07, 6.45) is 1.27. The van der Waals surface area contributed by atoms with Gasteiger partial charge in [-0.15, -0.1) is 0 Å². The molecule has 208 valence electrons. The Morgan fingerprint density at radius 2 is 1.59 bits per heavy atom. The molecule has 0 spiro atoms. The Kier molecular flexibility index (Phi) is 10.4. The monoisotopic (exact) mass is 589 g/mol. The van der Waals surface area contributed by atoms with Gasteiger partial charge in [-0.1, -0.05) is 71.7 Å². The van der Waals surface area contributed by atoms with Gasteiger partial charge in [-0.05, 0) is 55.7 Å². The van der Waals surface area contributed by atoms with Crippen LogP contribution in [0.1, 0.15) is 29.2 Å². The third-order valence-corrected chi connectivity index (χ3v) is 8.16. The Bertz CT molecular complexity index is 1410. The number of hydrogen-bond acceptors (Lipinski definition) is 4. The van der Waals surface area contributed by atoms with Gasteiger partial charge in [-0.25, -0.2) is 8.42 Å². The lowest BCUT2D eigenvalue weighted by atomic mass is 10.0. The van der Waals surface area contributed by atoms with Crippen LogP contribution in [0, 0.1) is 13.8 Å².